The lowest BCUT2D eigenvalue weighted by atomic mass is 10.1. The molecular formula is C12H19ClN2O2S. The summed E-state index contributed by atoms with van der Waals surface area (Å²) in [6.45, 7) is 2.26. The van der Waals surface area contributed by atoms with Gasteiger partial charge in [0.2, 0.25) is 10.0 Å². The Hall–Kier alpha value is -0.620. The summed E-state index contributed by atoms with van der Waals surface area (Å²) in [5, 5.41) is 3.42. The molecule has 4 nitrogen and oxygen atoms in total. The maximum absolute atomic E-state index is 12.1. The van der Waals surface area contributed by atoms with Gasteiger partial charge in [-0.25, -0.2) is 8.42 Å². The average molecular weight is 291 g/mol. The predicted molar refractivity (Wildman–Crippen MR) is 75.3 cm³/mol. The Morgan fingerprint density at radius 2 is 2.00 bits per heavy atom. The highest BCUT2D eigenvalue weighted by molar-refractivity contribution is 7.89. The van der Waals surface area contributed by atoms with Crippen LogP contribution in [0.1, 0.15) is 18.5 Å². The van der Waals surface area contributed by atoms with Gasteiger partial charge in [-0.1, -0.05) is 29.8 Å². The fourth-order valence-electron chi connectivity index (χ4n) is 1.63. The molecule has 0 fully saturated rings. The molecular weight excluding hydrogens is 272 g/mol. The zero-order valence-corrected chi connectivity index (χ0v) is 12.4. The predicted octanol–water partition coefficient (Wildman–Crippen LogP) is 1.88. The molecule has 0 spiro atoms. The second-order valence-corrected chi connectivity index (χ2v) is 6.69. The van der Waals surface area contributed by atoms with Crippen molar-refractivity contribution in [1.29, 1.82) is 0 Å². The normalized spacial score (nSPS) is 13.8. The third-order valence-electron chi connectivity index (χ3n) is 2.95. The smallest absolute Gasteiger partial charge is 0.215 e. The molecule has 1 aromatic rings. The van der Waals surface area contributed by atoms with E-state index in [1.54, 1.807) is 20.2 Å². The summed E-state index contributed by atoms with van der Waals surface area (Å²) in [5.74, 6) is 0.0782. The van der Waals surface area contributed by atoms with Crippen LogP contribution < -0.4 is 5.32 Å². The summed E-state index contributed by atoms with van der Waals surface area (Å²) >= 11 is 6.08. The Balaban J connectivity index is 2.91. The maximum Gasteiger partial charge on any atom is 0.215 e. The van der Waals surface area contributed by atoms with Crippen molar-refractivity contribution in [3.63, 3.8) is 0 Å². The van der Waals surface area contributed by atoms with Gasteiger partial charge in [0.1, 0.15) is 0 Å². The van der Waals surface area contributed by atoms with Crippen LogP contribution >= 0.6 is 11.6 Å². The SMILES string of the molecule is CNCCS(=O)(=O)N(C)C(C)c1ccccc1Cl. The Morgan fingerprint density at radius 3 is 2.56 bits per heavy atom. The van der Waals surface area contributed by atoms with Gasteiger partial charge in [0, 0.05) is 24.7 Å². The number of sulfonamides is 1. The number of hydrogen-bond donors (Lipinski definition) is 1. The third-order valence-corrected chi connectivity index (χ3v) is 5.21. The molecule has 0 aliphatic heterocycles. The maximum atomic E-state index is 12.1. The van der Waals surface area contributed by atoms with Crippen LogP contribution in [0, 0.1) is 0 Å². The first-order chi connectivity index (χ1) is 8.40. The summed E-state index contributed by atoms with van der Waals surface area (Å²) in [6, 6.07) is 7.01. The molecule has 0 radical (unpaired) electrons. The minimum Gasteiger partial charge on any atom is -0.319 e. The molecule has 102 valence electrons. The van der Waals surface area contributed by atoms with Gasteiger partial charge in [-0.15, -0.1) is 0 Å². The van der Waals surface area contributed by atoms with Gasteiger partial charge < -0.3 is 5.32 Å². The molecule has 1 rings (SSSR count). The van der Waals surface area contributed by atoms with Crippen molar-refractivity contribution in [3.8, 4) is 0 Å². The molecule has 0 aromatic heterocycles. The van der Waals surface area contributed by atoms with E-state index < -0.39 is 10.0 Å². The van der Waals surface area contributed by atoms with Gasteiger partial charge in [0.25, 0.3) is 0 Å². The third kappa shape index (κ3) is 3.68. The monoisotopic (exact) mass is 290 g/mol. The Labute approximate surface area is 114 Å². The molecule has 1 N–H and O–H groups in total. The molecule has 0 bridgehead atoms. The van der Waals surface area contributed by atoms with Crippen molar-refractivity contribution in [2.75, 3.05) is 26.4 Å². The minimum atomic E-state index is -3.27. The molecule has 6 heteroatoms. The van der Waals surface area contributed by atoms with E-state index in [2.05, 4.69) is 5.32 Å². The summed E-state index contributed by atoms with van der Waals surface area (Å²) in [4.78, 5) is 0. The van der Waals surface area contributed by atoms with E-state index in [0.717, 1.165) is 5.56 Å². The first-order valence-electron chi connectivity index (χ1n) is 5.75. The number of nitrogens with one attached hydrogen (secondary N) is 1. The molecule has 1 atom stereocenters. The number of benzene rings is 1. The van der Waals surface area contributed by atoms with Gasteiger partial charge in [0.05, 0.1) is 5.75 Å². The topological polar surface area (TPSA) is 49.4 Å². The van der Waals surface area contributed by atoms with Crippen LogP contribution in [-0.2, 0) is 10.0 Å². The van der Waals surface area contributed by atoms with Crippen LogP contribution in [0.4, 0.5) is 0 Å². The lowest BCUT2D eigenvalue weighted by Gasteiger charge is -2.25. The van der Waals surface area contributed by atoms with Crippen LogP contribution in [0.3, 0.4) is 0 Å². The van der Waals surface area contributed by atoms with Crippen LogP contribution in [0.15, 0.2) is 24.3 Å². The quantitative estimate of drug-likeness (QED) is 0.870. The summed E-state index contributed by atoms with van der Waals surface area (Å²) in [6.07, 6.45) is 0. The first kappa shape index (κ1) is 15.4. The van der Waals surface area contributed by atoms with Gasteiger partial charge in [0.15, 0.2) is 0 Å². The first-order valence-corrected chi connectivity index (χ1v) is 7.73. The summed E-state index contributed by atoms with van der Waals surface area (Å²) in [5.41, 5.74) is 0.815. The van der Waals surface area contributed by atoms with Crippen LogP contribution in [-0.4, -0.2) is 39.1 Å². The van der Waals surface area contributed by atoms with Crippen LogP contribution in [0.2, 0.25) is 5.02 Å². The van der Waals surface area contributed by atoms with Crippen LogP contribution in [0.5, 0.6) is 0 Å². The minimum absolute atomic E-state index is 0.0782. The number of hydrogen-bond acceptors (Lipinski definition) is 3. The van der Waals surface area contributed by atoms with E-state index >= 15 is 0 Å². The fraction of sp³-hybridized carbons (Fsp3) is 0.500. The van der Waals surface area contributed by atoms with E-state index in [9.17, 15) is 8.42 Å². The number of halogens is 1. The standard InChI is InChI=1S/C12H19ClN2O2S/c1-10(11-6-4-5-7-12(11)13)15(3)18(16,17)9-8-14-2/h4-7,10,14H,8-9H2,1-3H3. The zero-order chi connectivity index (χ0) is 13.8. The van der Waals surface area contributed by atoms with Crippen LogP contribution in [0.25, 0.3) is 0 Å². The van der Waals surface area contributed by atoms with Crippen molar-refractivity contribution in [1.82, 2.24) is 9.62 Å². The highest BCUT2D eigenvalue weighted by Crippen LogP contribution is 2.27. The largest absolute Gasteiger partial charge is 0.319 e. The molecule has 1 aromatic carbocycles. The molecule has 0 amide bonds. The lowest BCUT2D eigenvalue weighted by Crippen LogP contribution is -2.34. The molecule has 18 heavy (non-hydrogen) atoms. The molecule has 0 saturated carbocycles. The average Bonchev–Trinajstić information content (AvgIpc) is 2.35. The Kier molecular flexibility index (Phi) is 5.59. The number of nitrogens with zero attached hydrogens (tertiary/aromatic N) is 1. The Bertz CT molecular complexity index is 491. The second kappa shape index (κ2) is 6.52. The molecule has 0 saturated heterocycles. The van der Waals surface area contributed by atoms with E-state index in [1.807, 2.05) is 25.1 Å². The highest BCUT2D eigenvalue weighted by atomic mass is 35.5. The van der Waals surface area contributed by atoms with Crippen molar-refractivity contribution in [3.05, 3.63) is 34.9 Å². The molecule has 0 aliphatic carbocycles. The summed E-state index contributed by atoms with van der Waals surface area (Å²) in [7, 11) is 0.0371. The highest BCUT2D eigenvalue weighted by Gasteiger charge is 2.24. The fourth-order valence-corrected chi connectivity index (χ4v) is 3.26. The van der Waals surface area contributed by atoms with E-state index in [0.29, 0.717) is 11.6 Å². The Morgan fingerprint density at radius 1 is 1.39 bits per heavy atom. The van der Waals surface area contributed by atoms with Gasteiger partial charge in [-0.2, -0.15) is 4.31 Å². The van der Waals surface area contributed by atoms with Crippen molar-refractivity contribution in [2.45, 2.75) is 13.0 Å². The summed E-state index contributed by atoms with van der Waals surface area (Å²) < 4.78 is 25.5. The van der Waals surface area contributed by atoms with Crippen molar-refractivity contribution < 1.29 is 8.42 Å². The molecule has 0 heterocycles. The van der Waals surface area contributed by atoms with Crippen molar-refractivity contribution >= 4 is 21.6 Å². The van der Waals surface area contributed by atoms with E-state index in [-0.39, 0.29) is 11.8 Å². The zero-order valence-electron chi connectivity index (χ0n) is 10.9. The van der Waals surface area contributed by atoms with E-state index in [4.69, 9.17) is 11.6 Å². The number of rotatable bonds is 6. The van der Waals surface area contributed by atoms with Gasteiger partial charge >= 0.3 is 0 Å². The second-order valence-electron chi connectivity index (χ2n) is 4.13. The molecule has 0 aliphatic rings. The van der Waals surface area contributed by atoms with Gasteiger partial charge in [-0.05, 0) is 25.6 Å². The van der Waals surface area contributed by atoms with Gasteiger partial charge in [-0.3, -0.25) is 0 Å². The molecule has 1 unspecified atom stereocenters. The lowest BCUT2D eigenvalue weighted by molar-refractivity contribution is 0.398. The van der Waals surface area contributed by atoms with Crippen molar-refractivity contribution in [2.24, 2.45) is 0 Å². The van der Waals surface area contributed by atoms with E-state index in [1.165, 1.54) is 4.31 Å².